The molecule has 0 heterocycles. The summed E-state index contributed by atoms with van der Waals surface area (Å²) in [6.07, 6.45) is 5.12. The van der Waals surface area contributed by atoms with Crippen LogP contribution in [0, 0.1) is 11.3 Å². The van der Waals surface area contributed by atoms with E-state index in [9.17, 15) is 0 Å². The van der Waals surface area contributed by atoms with Crippen molar-refractivity contribution in [3.8, 4) is 0 Å². The van der Waals surface area contributed by atoms with Crippen LogP contribution in [0.4, 0.5) is 0 Å². The highest BCUT2D eigenvalue weighted by Gasteiger charge is 2.41. The minimum Gasteiger partial charge on any atom is -0.383 e. The van der Waals surface area contributed by atoms with Crippen LogP contribution in [0.15, 0.2) is 0 Å². The summed E-state index contributed by atoms with van der Waals surface area (Å²) >= 11 is 0. The van der Waals surface area contributed by atoms with Crippen LogP contribution in [-0.4, -0.2) is 40.0 Å². The van der Waals surface area contributed by atoms with Crippen LogP contribution >= 0.6 is 0 Å². The smallest absolute Gasteiger partial charge is 0.0587 e. The normalized spacial score (nSPS) is 17.6. The lowest BCUT2D eigenvalue weighted by atomic mass is 10.0. The van der Waals surface area contributed by atoms with Crippen molar-refractivity contribution in [1.82, 2.24) is 5.32 Å². The molecule has 0 aromatic rings. The van der Waals surface area contributed by atoms with Crippen molar-refractivity contribution in [1.29, 1.82) is 0 Å². The number of ether oxygens (including phenoxy) is 2. The van der Waals surface area contributed by atoms with Gasteiger partial charge < -0.3 is 14.8 Å². The molecule has 0 aromatic carbocycles. The highest BCUT2D eigenvalue weighted by Crippen LogP contribution is 2.48. The Hall–Kier alpha value is -0.120. The van der Waals surface area contributed by atoms with Crippen LogP contribution in [0.25, 0.3) is 0 Å². The van der Waals surface area contributed by atoms with E-state index in [1.807, 2.05) is 0 Å². The zero-order chi connectivity index (χ0) is 12.6. The lowest BCUT2D eigenvalue weighted by Crippen LogP contribution is -2.28. The maximum atomic E-state index is 5.70. The Morgan fingerprint density at radius 3 is 2.53 bits per heavy atom. The van der Waals surface area contributed by atoms with E-state index in [0.29, 0.717) is 5.41 Å². The molecule has 1 aliphatic rings. The lowest BCUT2D eigenvalue weighted by molar-refractivity contribution is 0.106. The van der Waals surface area contributed by atoms with Crippen LogP contribution in [0.5, 0.6) is 0 Å². The van der Waals surface area contributed by atoms with Crippen LogP contribution in [-0.2, 0) is 9.47 Å². The molecule has 0 atom stereocenters. The number of rotatable bonds is 11. The Bertz CT molecular complexity index is 191. The van der Waals surface area contributed by atoms with Gasteiger partial charge in [-0.15, -0.1) is 0 Å². The average molecular weight is 243 g/mol. The van der Waals surface area contributed by atoms with E-state index in [4.69, 9.17) is 9.47 Å². The summed E-state index contributed by atoms with van der Waals surface area (Å²) < 4.78 is 10.7. The molecule has 0 saturated heterocycles. The molecule has 0 bridgehead atoms. The van der Waals surface area contributed by atoms with Crippen molar-refractivity contribution < 1.29 is 9.47 Å². The molecule has 0 radical (unpaired) electrons. The fraction of sp³-hybridized carbons (Fsp3) is 1.00. The molecular weight excluding hydrogens is 214 g/mol. The van der Waals surface area contributed by atoms with Gasteiger partial charge in [0.15, 0.2) is 0 Å². The van der Waals surface area contributed by atoms with Gasteiger partial charge >= 0.3 is 0 Å². The fourth-order valence-corrected chi connectivity index (χ4v) is 1.93. The number of nitrogens with one attached hydrogen (secondary N) is 1. The molecule has 0 spiro atoms. The van der Waals surface area contributed by atoms with Crippen LogP contribution in [0.3, 0.4) is 0 Å². The second kappa shape index (κ2) is 8.06. The Morgan fingerprint density at radius 1 is 1.18 bits per heavy atom. The van der Waals surface area contributed by atoms with Crippen LogP contribution < -0.4 is 5.32 Å². The maximum Gasteiger partial charge on any atom is 0.0587 e. The highest BCUT2D eigenvalue weighted by atomic mass is 16.5. The van der Waals surface area contributed by atoms with Crippen LogP contribution in [0.1, 0.15) is 39.5 Å². The van der Waals surface area contributed by atoms with Gasteiger partial charge in [0.25, 0.3) is 0 Å². The third-order valence-corrected chi connectivity index (χ3v) is 3.56. The molecule has 0 aliphatic heterocycles. The third-order valence-electron chi connectivity index (χ3n) is 3.56. The van der Waals surface area contributed by atoms with Gasteiger partial charge in [-0.1, -0.05) is 13.8 Å². The molecule has 3 heteroatoms. The Labute approximate surface area is 106 Å². The first-order valence-corrected chi connectivity index (χ1v) is 6.96. The molecule has 0 unspecified atom stereocenters. The molecule has 1 rings (SSSR count). The first kappa shape index (κ1) is 14.9. The molecule has 17 heavy (non-hydrogen) atoms. The van der Waals surface area contributed by atoms with Crippen LogP contribution in [0.2, 0.25) is 0 Å². The van der Waals surface area contributed by atoms with Gasteiger partial charge in [0.1, 0.15) is 0 Å². The zero-order valence-corrected chi connectivity index (χ0v) is 11.8. The molecule has 1 aliphatic carbocycles. The van der Waals surface area contributed by atoms with Gasteiger partial charge in [-0.2, -0.15) is 0 Å². The summed E-state index contributed by atoms with van der Waals surface area (Å²) in [5.74, 6) is 0.751. The fourth-order valence-electron chi connectivity index (χ4n) is 1.93. The SMILES string of the molecule is COCCNCC1(CCOCCC(C)C)CC1. The van der Waals surface area contributed by atoms with E-state index in [1.165, 1.54) is 25.7 Å². The topological polar surface area (TPSA) is 30.5 Å². The molecule has 102 valence electrons. The van der Waals surface area contributed by atoms with Gasteiger partial charge in [-0.3, -0.25) is 0 Å². The highest BCUT2D eigenvalue weighted by molar-refractivity contribution is 4.94. The van der Waals surface area contributed by atoms with E-state index in [2.05, 4.69) is 19.2 Å². The van der Waals surface area contributed by atoms with Crippen molar-refractivity contribution >= 4 is 0 Å². The summed E-state index contributed by atoms with van der Waals surface area (Å²) in [6.45, 7) is 9.23. The predicted molar refractivity (Wildman–Crippen MR) is 71.3 cm³/mol. The first-order chi connectivity index (χ1) is 8.18. The predicted octanol–water partition coefficient (Wildman–Crippen LogP) is 2.46. The van der Waals surface area contributed by atoms with Crippen molar-refractivity contribution in [3.05, 3.63) is 0 Å². The second-order valence-corrected chi connectivity index (χ2v) is 5.71. The quantitative estimate of drug-likeness (QED) is 0.565. The summed E-state index contributed by atoms with van der Waals surface area (Å²) in [7, 11) is 1.75. The van der Waals surface area contributed by atoms with Gasteiger partial charge in [0.2, 0.25) is 0 Å². The second-order valence-electron chi connectivity index (χ2n) is 5.71. The largest absolute Gasteiger partial charge is 0.383 e. The van der Waals surface area contributed by atoms with Gasteiger partial charge in [0, 0.05) is 33.4 Å². The molecule has 1 saturated carbocycles. The summed E-state index contributed by atoms with van der Waals surface area (Å²) in [5, 5.41) is 3.47. The molecule has 3 nitrogen and oxygen atoms in total. The van der Waals surface area contributed by atoms with E-state index in [-0.39, 0.29) is 0 Å². The Balaban J connectivity index is 1.94. The van der Waals surface area contributed by atoms with E-state index in [0.717, 1.165) is 38.8 Å². The standard InChI is InChI=1S/C14H29NO2/c1-13(2)4-9-17-10-7-14(5-6-14)12-15-8-11-16-3/h13,15H,4-12H2,1-3H3. The van der Waals surface area contributed by atoms with E-state index >= 15 is 0 Å². The maximum absolute atomic E-state index is 5.70. The van der Waals surface area contributed by atoms with Gasteiger partial charge in [-0.25, -0.2) is 0 Å². The Kier molecular flexibility index (Phi) is 7.09. The summed E-state index contributed by atoms with van der Waals surface area (Å²) in [4.78, 5) is 0. The first-order valence-electron chi connectivity index (χ1n) is 6.96. The third kappa shape index (κ3) is 7.02. The van der Waals surface area contributed by atoms with Crippen molar-refractivity contribution in [3.63, 3.8) is 0 Å². The number of hydrogen-bond acceptors (Lipinski definition) is 3. The van der Waals surface area contributed by atoms with Crippen molar-refractivity contribution in [2.75, 3.05) is 40.0 Å². The summed E-state index contributed by atoms with van der Waals surface area (Å²) in [5.41, 5.74) is 0.547. The summed E-state index contributed by atoms with van der Waals surface area (Å²) in [6, 6.07) is 0. The van der Waals surface area contributed by atoms with Gasteiger partial charge in [0.05, 0.1) is 6.61 Å². The zero-order valence-electron chi connectivity index (χ0n) is 11.8. The van der Waals surface area contributed by atoms with Crippen molar-refractivity contribution in [2.45, 2.75) is 39.5 Å². The van der Waals surface area contributed by atoms with Crippen molar-refractivity contribution in [2.24, 2.45) is 11.3 Å². The Morgan fingerprint density at radius 2 is 1.94 bits per heavy atom. The van der Waals surface area contributed by atoms with E-state index in [1.54, 1.807) is 7.11 Å². The molecule has 1 fully saturated rings. The van der Waals surface area contributed by atoms with Gasteiger partial charge in [-0.05, 0) is 37.0 Å². The van der Waals surface area contributed by atoms with E-state index < -0.39 is 0 Å². The lowest BCUT2D eigenvalue weighted by Gasteiger charge is -2.16. The number of methoxy groups -OCH3 is 1. The molecule has 1 N–H and O–H groups in total. The minimum atomic E-state index is 0.547. The monoisotopic (exact) mass is 243 g/mol. The minimum absolute atomic E-state index is 0.547. The molecule has 0 aromatic heterocycles. The molecule has 0 amide bonds. The number of hydrogen-bond donors (Lipinski definition) is 1. The molecular formula is C14H29NO2. The average Bonchev–Trinajstić information content (AvgIpc) is 3.04.